The van der Waals surface area contributed by atoms with Crippen LogP contribution in [0.15, 0.2) is 18.7 Å². The van der Waals surface area contributed by atoms with Crippen molar-refractivity contribution in [2.24, 2.45) is 0 Å². The van der Waals surface area contributed by atoms with E-state index in [9.17, 15) is 0 Å². The van der Waals surface area contributed by atoms with Gasteiger partial charge in [0.15, 0.2) is 0 Å². The molecule has 0 aliphatic rings. The van der Waals surface area contributed by atoms with Crippen molar-refractivity contribution >= 4 is 10.1 Å². The molecular formula is C10H20N2O3S. The first-order valence-corrected chi connectivity index (χ1v) is 7.14. The summed E-state index contributed by atoms with van der Waals surface area (Å²) in [6.07, 6.45) is 9.57. The molecule has 0 saturated carbocycles. The van der Waals surface area contributed by atoms with Gasteiger partial charge in [0.1, 0.15) is 12.4 Å². The molecule has 0 unspecified atom stereocenters. The first kappa shape index (κ1) is 15.1. The van der Waals surface area contributed by atoms with E-state index in [2.05, 4.69) is 41.7 Å². The molecule has 0 aliphatic carbocycles. The van der Waals surface area contributed by atoms with E-state index in [-0.39, 0.29) is 0 Å². The highest BCUT2D eigenvalue weighted by atomic mass is 32.2. The second-order valence-electron chi connectivity index (χ2n) is 3.54. The number of rotatable bonds is 4. The van der Waals surface area contributed by atoms with Crippen LogP contribution in [-0.2, 0) is 23.2 Å². The summed E-state index contributed by atoms with van der Waals surface area (Å²) in [5.41, 5.74) is 0. The highest BCUT2D eigenvalue weighted by Gasteiger charge is 1.98. The van der Waals surface area contributed by atoms with E-state index < -0.39 is 10.1 Å². The Morgan fingerprint density at radius 2 is 1.94 bits per heavy atom. The normalized spacial score (nSPS) is 10.8. The van der Waals surface area contributed by atoms with Gasteiger partial charge in [-0.05, 0) is 13.3 Å². The molecule has 1 heterocycles. The lowest BCUT2D eigenvalue weighted by Crippen LogP contribution is -2.30. The second kappa shape index (κ2) is 7.40. The first-order chi connectivity index (χ1) is 7.36. The minimum Gasteiger partial charge on any atom is -0.748 e. The van der Waals surface area contributed by atoms with Crippen LogP contribution >= 0.6 is 0 Å². The Kier molecular flexibility index (Phi) is 7.00. The maximum Gasteiger partial charge on any atom is 0.243 e. The van der Waals surface area contributed by atoms with Crippen molar-refractivity contribution < 1.29 is 17.5 Å². The number of unbranched alkanes of at least 4 members (excludes halogenated alkanes) is 1. The van der Waals surface area contributed by atoms with Crippen molar-refractivity contribution in [2.45, 2.75) is 39.8 Å². The van der Waals surface area contributed by atoms with Crippen LogP contribution in [0.5, 0.6) is 0 Å². The van der Waals surface area contributed by atoms with Crippen LogP contribution in [0.4, 0.5) is 0 Å². The Morgan fingerprint density at radius 1 is 1.38 bits per heavy atom. The van der Waals surface area contributed by atoms with Crippen LogP contribution in [0.1, 0.15) is 26.7 Å². The molecule has 0 fully saturated rings. The standard InChI is InChI=1S/C9H17N2.CH4O3S/c1-3-5-6-11-8-7-10(4-2)9-11;1-5(2,3)4/h7-9H,3-6H2,1-2H3;1H3,(H,2,3,4)/q+1;/p-1. The quantitative estimate of drug-likeness (QED) is 0.583. The fourth-order valence-electron chi connectivity index (χ4n) is 1.10. The Labute approximate surface area is 97.5 Å². The van der Waals surface area contributed by atoms with Gasteiger partial charge in [-0.2, -0.15) is 0 Å². The zero-order valence-corrected chi connectivity index (χ0v) is 10.9. The molecule has 6 heteroatoms. The number of aromatic nitrogens is 2. The summed E-state index contributed by atoms with van der Waals surface area (Å²) in [6.45, 7) is 6.60. The average Bonchev–Trinajstić information content (AvgIpc) is 2.59. The third kappa shape index (κ3) is 9.67. The molecule has 0 aromatic carbocycles. The molecule has 0 aliphatic heterocycles. The van der Waals surface area contributed by atoms with Gasteiger partial charge >= 0.3 is 0 Å². The van der Waals surface area contributed by atoms with Gasteiger partial charge in [0, 0.05) is 6.26 Å². The van der Waals surface area contributed by atoms with Gasteiger partial charge < -0.3 is 4.55 Å². The fourth-order valence-corrected chi connectivity index (χ4v) is 1.10. The van der Waals surface area contributed by atoms with Crippen LogP contribution < -0.4 is 4.57 Å². The van der Waals surface area contributed by atoms with E-state index in [1.807, 2.05) is 0 Å². The minimum absolute atomic E-state index is 0.604. The number of nitrogens with zero attached hydrogens (tertiary/aromatic N) is 2. The summed E-state index contributed by atoms with van der Waals surface area (Å²) in [4.78, 5) is 0. The lowest BCUT2D eigenvalue weighted by molar-refractivity contribution is -0.696. The number of hydrogen-bond acceptors (Lipinski definition) is 3. The van der Waals surface area contributed by atoms with Gasteiger partial charge in [-0.1, -0.05) is 13.3 Å². The maximum atomic E-state index is 9.08. The first-order valence-electron chi connectivity index (χ1n) is 5.32. The molecule has 1 aromatic rings. The van der Waals surface area contributed by atoms with Crippen molar-refractivity contribution in [3.63, 3.8) is 0 Å². The summed E-state index contributed by atoms with van der Waals surface area (Å²) >= 11 is 0. The summed E-state index contributed by atoms with van der Waals surface area (Å²) in [5, 5.41) is 0. The van der Waals surface area contributed by atoms with E-state index >= 15 is 0 Å². The molecule has 5 nitrogen and oxygen atoms in total. The smallest absolute Gasteiger partial charge is 0.243 e. The molecule has 0 bridgehead atoms. The molecule has 0 spiro atoms. The summed E-state index contributed by atoms with van der Waals surface area (Å²) < 4.78 is 31.7. The van der Waals surface area contributed by atoms with Crippen LogP contribution in [0.2, 0.25) is 0 Å². The summed E-state index contributed by atoms with van der Waals surface area (Å²) in [5.74, 6) is 0. The average molecular weight is 248 g/mol. The van der Waals surface area contributed by atoms with Crippen molar-refractivity contribution in [3.8, 4) is 0 Å². The zero-order chi connectivity index (χ0) is 12.6. The number of hydrogen-bond donors (Lipinski definition) is 0. The van der Waals surface area contributed by atoms with Gasteiger partial charge in [-0.25, -0.2) is 17.6 Å². The molecule has 0 saturated heterocycles. The van der Waals surface area contributed by atoms with Crippen molar-refractivity contribution in [3.05, 3.63) is 18.7 Å². The largest absolute Gasteiger partial charge is 0.748 e. The van der Waals surface area contributed by atoms with E-state index in [1.165, 1.54) is 12.8 Å². The Bertz CT molecular complexity index is 377. The predicted molar refractivity (Wildman–Crippen MR) is 60.8 cm³/mol. The predicted octanol–water partition coefficient (Wildman–Crippen LogP) is 0.757. The number of imidazole rings is 1. The zero-order valence-electron chi connectivity index (χ0n) is 10.1. The molecule has 94 valence electrons. The Balaban J connectivity index is 0.000000385. The highest BCUT2D eigenvalue weighted by Crippen LogP contribution is 1.87. The molecule has 0 radical (unpaired) electrons. The Hall–Kier alpha value is -0.880. The van der Waals surface area contributed by atoms with Crippen LogP contribution in [-0.4, -0.2) is 23.8 Å². The van der Waals surface area contributed by atoms with Gasteiger partial charge in [0.25, 0.3) is 0 Å². The highest BCUT2D eigenvalue weighted by molar-refractivity contribution is 7.84. The summed E-state index contributed by atoms with van der Waals surface area (Å²) in [7, 11) is -3.92. The molecular weight excluding hydrogens is 228 g/mol. The lowest BCUT2D eigenvalue weighted by Gasteiger charge is -1.91. The van der Waals surface area contributed by atoms with Gasteiger partial charge in [-0.15, -0.1) is 0 Å². The molecule has 1 aromatic heterocycles. The third-order valence-electron chi connectivity index (χ3n) is 1.88. The van der Waals surface area contributed by atoms with Gasteiger partial charge in [0.05, 0.1) is 23.2 Å². The van der Waals surface area contributed by atoms with E-state index in [1.54, 1.807) is 0 Å². The van der Waals surface area contributed by atoms with E-state index in [0.29, 0.717) is 6.26 Å². The van der Waals surface area contributed by atoms with Crippen molar-refractivity contribution in [1.82, 2.24) is 4.57 Å². The molecule has 0 atom stereocenters. The van der Waals surface area contributed by atoms with Crippen LogP contribution in [0.25, 0.3) is 0 Å². The van der Waals surface area contributed by atoms with E-state index in [0.717, 1.165) is 13.1 Å². The molecule has 0 N–H and O–H groups in total. The Morgan fingerprint density at radius 3 is 2.31 bits per heavy atom. The monoisotopic (exact) mass is 248 g/mol. The second-order valence-corrected chi connectivity index (χ2v) is 4.95. The van der Waals surface area contributed by atoms with Crippen molar-refractivity contribution in [1.29, 1.82) is 0 Å². The topological polar surface area (TPSA) is 66.0 Å². The third-order valence-corrected chi connectivity index (χ3v) is 1.88. The van der Waals surface area contributed by atoms with Crippen LogP contribution in [0, 0.1) is 0 Å². The van der Waals surface area contributed by atoms with Crippen molar-refractivity contribution in [2.75, 3.05) is 6.26 Å². The summed E-state index contributed by atoms with van der Waals surface area (Å²) in [6, 6.07) is 0. The maximum absolute atomic E-state index is 9.08. The molecule has 16 heavy (non-hydrogen) atoms. The van der Waals surface area contributed by atoms with Gasteiger partial charge in [-0.3, -0.25) is 0 Å². The number of aryl methyl sites for hydroxylation is 2. The molecule has 1 rings (SSSR count). The van der Waals surface area contributed by atoms with Gasteiger partial charge in [0.2, 0.25) is 6.33 Å². The fraction of sp³-hybridized carbons (Fsp3) is 0.700. The van der Waals surface area contributed by atoms with E-state index in [4.69, 9.17) is 13.0 Å². The molecule has 0 amide bonds. The lowest BCUT2D eigenvalue weighted by atomic mass is 10.3. The SMILES string of the molecule is CCCC[n+]1ccn(CC)c1.CS(=O)(=O)[O-]. The minimum atomic E-state index is -3.92. The van der Waals surface area contributed by atoms with Crippen LogP contribution in [0.3, 0.4) is 0 Å².